The number of H-pyrrole nitrogens is 1. The van der Waals surface area contributed by atoms with Crippen LogP contribution in [0, 0.1) is 6.92 Å². The molecule has 3 N–H and O–H groups in total. The maximum absolute atomic E-state index is 11.8. The molecule has 1 heterocycles. The number of nitrogens with zero attached hydrogens (tertiary/aromatic N) is 2. The van der Waals surface area contributed by atoms with Crippen molar-refractivity contribution in [3.8, 4) is 0 Å². The van der Waals surface area contributed by atoms with Crippen molar-refractivity contribution in [1.82, 2.24) is 25.8 Å². The van der Waals surface area contributed by atoms with E-state index in [4.69, 9.17) is 0 Å². The van der Waals surface area contributed by atoms with Crippen molar-refractivity contribution in [1.29, 1.82) is 0 Å². The molecule has 0 unspecified atom stereocenters. The number of carbonyl (C=O) groups is 2. The molecular formula is C13H15N5O2. The molecule has 20 heavy (non-hydrogen) atoms. The molecule has 0 spiro atoms. The lowest BCUT2D eigenvalue weighted by Crippen LogP contribution is -2.35. The van der Waals surface area contributed by atoms with E-state index in [9.17, 15) is 9.59 Å². The van der Waals surface area contributed by atoms with Crippen LogP contribution in [0.2, 0.25) is 0 Å². The van der Waals surface area contributed by atoms with Crippen molar-refractivity contribution >= 4 is 11.8 Å². The third kappa shape index (κ3) is 3.64. The van der Waals surface area contributed by atoms with Crippen molar-refractivity contribution < 1.29 is 9.59 Å². The summed E-state index contributed by atoms with van der Waals surface area (Å²) in [4.78, 5) is 27.0. The van der Waals surface area contributed by atoms with Crippen molar-refractivity contribution in [2.75, 3.05) is 13.1 Å². The molecule has 0 atom stereocenters. The second-order valence-corrected chi connectivity index (χ2v) is 4.21. The number of benzene rings is 1. The van der Waals surface area contributed by atoms with Crippen LogP contribution in [0.3, 0.4) is 0 Å². The lowest BCUT2D eigenvalue weighted by atomic mass is 10.1. The number of aromatic nitrogens is 3. The van der Waals surface area contributed by atoms with Gasteiger partial charge < -0.3 is 10.6 Å². The van der Waals surface area contributed by atoms with E-state index in [-0.39, 0.29) is 17.6 Å². The maximum Gasteiger partial charge on any atom is 0.288 e. The first-order chi connectivity index (χ1) is 9.66. The molecule has 0 radical (unpaired) electrons. The van der Waals surface area contributed by atoms with Crippen molar-refractivity contribution in [2.45, 2.75) is 6.92 Å². The van der Waals surface area contributed by atoms with E-state index in [1.807, 2.05) is 19.1 Å². The van der Waals surface area contributed by atoms with Crippen molar-refractivity contribution in [2.24, 2.45) is 0 Å². The van der Waals surface area contributed by atoms with Gasteiger partial charge in [-0.25, -0.2) is 4.98 Å². The summed E-state index contributed by atoms with van der Waals surface area (Å²) in [5, 5.41) is 11.4. The molecule has 0 saturated carbocycles. The number of aryl methyl sites for hydroxylation is 1. The third-order valence-electron chi connectivity index (χ3n) is 2.64. The zero-order valence-corrected chi connectivity index (χ0v) is 11.0. The molecule has 0 aliphatic carbocycles. The SMILES string of the molecule is Cc1ccc(C(=O)NCCNC(=O)c2ncn[nH]2)cc1. The van der Waals surface area contributed by atoms with Crippen LogP contribution >= 0.6 is 0 Å². The van der Waals surface area contributed by atoms with Gasteiger partial charge in [0.25, 0.3) is 11.8 Å². The first-order valence-electron chi connectivity index (χ1n) is 6.15. The Morgan fingerprint density at radius 3 is 2.35 bits per heavy atom. The summed E-state index contributed by atoms with van der Waals surface area (Å²) in [6.45, 7) is 2.62. The van der Waals surface area contributed by atoms with Crippen LogP contribution in [0.4, 0.5) is 0 Å². The van der Waals surface area contributed by atoms with Crippen LogP contribution in [0.5, 0.6) is 0 Å². The molecule has 104 valence electrons. The molecule has 2 aromatic rings. The summed E-state index contributed by atoms with van der Waals surface area (Å²) < 4.78 is 0. The van der Waals surface area contributed by atoms with Crippen molar-refractivity contribution in [3.05, 3.63) is 47.5 Å². The summed E-state index contributed by atoms with van der Waals surface area (Å²) in [6.07, 6.45) is 1.26. The molecule has 0 saturated heterocycles. The standard InChI is InChI=1S/C13H15N5O2/c1-9-2-4-10(5-3-9)12(19)14-6-7-15-13(20)11-16-8-17-18-11/h2-5,8H,6-7H2,1H3,(H,14,19)(H,15,20)(H,16,17,18). The predicted molar refractivity (Wildman–Crippen MR) is 72.2 cm³/mol. The number of nitrogens with one attached hydrogen (secondary N) is 3. The van der Waals surface area contributed by atoms with Crippen LogP contribution in [0.1, 0.15) is 26.5 Å². The van der Waals surface area contributed by atoms with Gasteiger partial charge in [-0.15, -0.1) is 0 Å². The minimum Gasteiger partial charge on any atom is -0.350 e. The number of amides is 2. The van der Waals surface area contributed by atoms with Gasteiger partial charge in [0.15, 0.2) is 0 Å². The summed E-state index contributed by atoms with van der Waals surface area (Å²) in [5.74, 6) is -0.374. The van der Waals surface area contributed by atoms with E-state index in [2.05, 4.69) is 25.8 Å². The smallest absolute Gasteiger partial charge is 0.288 e. The van der Waals surface area contributed by atoms with Gasteiger partial charge in [0, 0.05) is 18.7 Å². The van der Waals surface area contributed by atoms with Crippen LogP contribution < -0.4 is 10.6 Å². The topological polar surface area (TPSA) is 99.8 Å². The molecule has 1 aromatic heterocycles. The number of carbonyl (C=O) groups excluding carboxylic acids is 2. The molecule has 1 aromatic carbocycles. The fourth-order valence-electron chi connectivity index (χ4n) is 1.56. The highest BCUT2D eigenvalue weighted by atomic mass is 16.2. The Morgan fingerprint density at radius 2 is 1.75 bits per heavy atom. The zero-order valence-electron chi connectivity index (χ0n) is 11.0. The molecule has 0 aliphatic heterocycles. The summed E-state index contributed by atoms with van der Waals surface area (Å²) in [5.41, 5.74) is 1.69. The van der Waals surface area contributed by atoms with E-state index < -0.39 is 0 Å². The van der Waals surface area contributed by atoms with E-state index in [0.717, 1.165) is 5.56 Å². The molecule has 7 heteroatoms. The Hall–Kier alpha value is -2.70. The molecular weight excluding hydrogens is 258 g/mol. The summed E-state index contributed by atoms with van der Waals surface area (Å²) in [6, 6.07) is 7.27. The van der Waals surface area contributed by atoms with Gasteiger partial charge in [-0.1, -0.05) is 17.7 Å². The van der Waals surface area contributed by atoms with Gasteiger partial charge in [-0.3, -0.25) is 14.7 Å². The molecule has 0 aliphatic rings. The van der Waals surface area contributed by atoms with Crippen LogP contribution in [-0.2, 0) is 0 Å². The molecule has 2 amide bonds. The van der Waals surface area contributed by atoms with Gasteiger partial charge in [0.05, 0.1) is 0 Å². The first kappa shape index (κ1) is 13.7. The highest BCUT2D eigenvalue weighted by Crippen LogP contribution is 2.02. The fraction of sp³-hybridized carbons (Fsp3) is 0.231. The Kier molecular flexibility index (Phi) is 4.43. The van der Waals surface area contributed by atoms with Gasteiger partial charge in [-0.2, -0.15) is 5.10 Å². The zero-order chi connectivity index (χ0) is 14.4. The minimum atomic E-state index is -0.355. The Bertz CT molecular complexity index is 577. The highest BCUT2D eigenvalue weighted by molar-refractivity contribution is 5.94. The van der Waals surface area contributed by atoms with E-state index in [1.54, 1.807) is 12.1 Å². The predicted octanol–water partition coefficient (Wildman–Crippen LogP) is 0.273. The Labute approximate surface area is 115 Å². The summed E-state index contributed by atoms with van der Waals surface area (Å²) >= 11 is 0. The monoisotopic (exact) mass is 273 g/mol. The summed E-state index contributed by atoms with van der Waals surface area (Å²) in [7, 11) is 0. The van der Waals surface area contributed by atoms with Gasteiger partial charge in [0.2, 0.25) is 5.82 Å². The quantitative estimate of drug-likeness (QED) is 0.681. The maximum atomic E-state index is 11.8. The molecule has 0 bridgehead atoms. The third-order valence-corrected chi connectivity index (χ3v) is 2.64. The largest absolute Gasteiger partial charge is 0.350 e. The van der Waals surface area contributed by atoms with Gasteiger partial charge in [-0.05, 0) is 19.1 Å². The van der Waals surface area contributed by atoms with Crippen LogP contribution in [-0.4, -0.2) is 40.1 Å². The van der Waals surface area contributed by atoms with Crippen LogP contribution in [0.15, 0.2) is 30.6 Å². The molecule has 2 rings (SSSR count). The average Bonchev–Trinajstić information content (AvgIpc) is 2.98. The normalized spacial score (nSPS) is 10.1. The van der Waals surface area contributed by atoms with Crippen molar-refractivity contribution in [3.63, 3.8) is 0 Å². The van der Waals surface area contributed by atoms with E-state index >= 15 is 0 Å². The number of hydrogen-bond donors (Lipinski definition) is 3. The van der Waals surface area contributed by atoms with E-state index in [1.165, 1.54) is 6.33 Å². The molecule has 0 fully saturated rings. The molecule has 7 nitrogen and oxygen atoms in total. The number of aromatic amines is 1. The fourth-order valence-corrected chi connectivity index (χ4v) is 1.56. The number of hydrogen-bond acceptors (Lipinski definition) is 4. The second-order valence-electron chi connectivity index (χ2n) is 4.21. The minimum absolute atomic E-state index is 0.148. The Morgan fingerprint density at radius 1 is 1.10 bits per heavy atom. The lowest BCUT2D eigenvalue weighted by Gasteiger charge is -2.06. The van der Waals surface area contributed by atoms with Crippen LogP contribution in [0.25, 0.3) is 0 Å². The first-order valence-corrected chi connectivity index (χ1v) is 6.15. The lowest BCUT2D eigenvalue weighted by molar-refractivity contribution is 0.0922. The number of rotatable bonds is 5. The average molecular weight is 273 g/mol. The Balaban J connectivity index is 1.72. The van der Waals surface area contributed by atoms with Gasteiger partial charge >= 0.3 is 0 Å². The highest BCUT2D eigenvalue weighted by Gasteiger charge is 2.08. The van der Waals surface area contributed by atoms with E-state index in [0.29, 0.717) is 18.7 Å². The van der Waals surface area contributed by atoms with Gasteiger partial charge in [0.1, 0.15) is 6.33 Å². The second kappa shape index (κ2) is 6.46.